The number of rotatable bonds is 1. The highest BCUT2D eigenvalue weighted by Gasteiger charge is 2.43. The lowest BCUT2D eigenvalue weighted by molar-refractivity contribution is -0.139. The Labute approximate surface area is 105 Å². The van der Waals surface area contributed by atoms with Crippen molar-refractivity contribution in [2.24, 2.45) is 11.1 Å². The number of halogens is 3. The molecule has 1 aromatic rings. The second kappa shape index (κ2) is 4.16. The summed E-state index contributed by atoms with van der Waals surface area (Å²) in [7, 11) is 0. The highest BCUT2D eigenvalue weighted by Crippen LogP contribution is 2.43. The molecule has 0 radical (unpaired) electrons. The Balaban J connectivity index is 3.52. The van der Waals surface area contributed by atoms with E-state index in [1.807, 2.05) is 20.8 Å². The van der Waals surface area contributed by atoms with Crippen molar-refractivity contribution in [3.63, 3.8) is 0 Å². The van der Waals surface area contributed by atoms with Crippen molar-refractivity contribution < 1.29 is 13.2 Å². The first-order valence-corrected chi connectivity index (χ1v) is 5.63. The van der Waals surface area contributed by atoms with Crippen LogP contribution in [0.4, 0.5) is 18.9 Å². The van der Waals surface area contributed by atoms with E-state index in [1.165, 1.54) is 12.1 Å². The molecule has 0 aliphatic rings. The maximum absolute atomic E-state index is 13.0. The molecular weight excluding hydrogens is 241 g/mol. The Bertz CT molecular complexity index is 443. The van der Waals surface area contributed by atoms with E-state index in [9.17, 15) is 13.2 Å². The molecule has 0 saturated carbocycles. The van der Waals surface area contributed by atoms with Gasteiger partial charge in [0, 0.05) is 11.2 Å². The fraction of sp³-hybridized carbons (Fsp3) is 0.538. The highest BCUT2D eigenvalue weighted by atomic mass is 19.4. The summed E-state index contributed by atoms with van der Waals surface area (Å²) < 4.78 is 39.1. The number of benzene rings is 1. The molecule has 5 heteroatoms. The van der Waals surface area contributed by atoms with Crippen LogP contribution in [0.5, 0.6) is 0 Å². The summed E-state index contributed by atoms with van der Waals surface area (Å²) >= 11 is 0. The van der Waals surface area contributed by atoms with E-state index >= 15 is 0 Å². The minimum absolute atomic E-state index is 0.0664. The molecule has 4 N–H and O–H groups in total. The predicted octanol–water partition coefficient (Wildman–Crippen LogP) is 3.51. The predicted molar refractivity (Wildman–Crippen MR) is 66.9 cm³/mol. The van der Waals surface area contributed by atoms with Gasteiger partial charge in [0.2, 0.25) is 0 Å². The maximum atomic E-state index is 13.0. The second-order valence-electron chi connectivity index (χ2n) is 5.76. The van der Waals surface area contributed by atoms with Gasteiger partial charge in [-0.15, -0.1) is 0 Å². The number of anilines is 1. The van der Waals surface area contributed by atoms with Crippen LogP contribution in [0.1, 0.15) is 38.8 Å². The molecule has 0 spiro atoms. The molecule has 0 aliphatic heterocycles. The van der Waals surface area contributed by atoms with Crippen molar-refractivity contribution in [1.82, 2.24) is 0 Å². The summed E-state index contributed by atoms with van der Waals surface area (Å²) in [5, 5.41) is 0. The Hall–Kier alpha value is -1.23. The van der Waals surface area contributed by atoms with Gasteiger partial charge in [-0.3, -0.25) is 0 Å². The summed E-state index contributed by atoms with van der Waals surface area (Å²) in [6.45, 7) is 7.03. The monoisotopic (exact) mass is 260 g/mol. The van der Waals surface area contributed by atoms with E-state index in [1.54, 1.807) is 6.92 Å². The van der Waals surface area contributed by atoms with E-state index < -0.39 is 22.7 Å². The van der Waals surface area contributed by atoms with Crippen LogP contribution in [-0.4, -0.2) is 0 Å². The molecule has 102 valence electrons. The van der Waals surface area contributed by atoms with Crippen molar-refractivity contribution in [2.75, 3.05) is 5.73 Å². The quantitative estimate of drug-likeness (QED) is 0.759. The molecule has 2 nitrogen and oxygen atoms in total. The van der Waals surface area contributed by atoms with Crippen LogP contribution in [0.15, 0.2) is 18.2 Å². The molecular formula is C13H19F3N2. The van der Waals surface area contributed by atoms with Gasteiger partial charge in [0.15, 0.2) is 0 Å². The summed E-state index contributed by atoms with van der Waals surface area (Å²) in [6.07, 6.45) is -4.46. The molecule has 0 aliphatic carbocycles. The first-order chi connectivity index (χ1) is 7.87. The van der Waals surface area contributed by atoms with Crippen LogP contribution < -0.4 is 11.5 Å². The number of hydrogen-bond acceptors (Lipinski definition) is 2. The van der Waals surface area contributed by atoms with Gasteiger partial charge in [-0.05, 0) is 30.0 Å². The Morgan fingerprint density at radius 2 is 1.44 bits per heavy atom. The van der Waals surface area contributed by atoms with Gasteiger partial charge in [-0.2, -0.15) is 13.2 Å². The van der Waals surface area contributed by atoms with Crippen LogP contribution in [0.2, 0.25) is 0 Å². The molecule has 1 atom stereocenters. The lowest BCUT2D eigenvalue weighted by Gasteiger charge is -2.40. The average Bonchev–Trinajstić information content (AvgIpc) is 2.13. The Morgan fingerprint density at radius 1 is 0.944 bits per heavy atom. The fourth-order valence-corrected chi connectivity index (χ4v) is 1.65. The summed E-state index contributed by atoms with van der Waals surface area (Å²) in [5.41, 5.74) is 9.33. The summed E-state index contributed by atoms with van der Waals surface area (Å²) in [4.78, 5) is 0. The zero-order valence-corrected chi connectivity index (χ0v) is 11.0. The Kier molecular flexibility index (Phi) is 3.42. The zero-order chi connectivity index (χ0) is 14.4. The first kappa shape index (κ1) is 14.8. The smallest absolute Gasteiger partial charge is 0.399 e. The van der Waals surface area contributed by atoms with Gasteiger partial charge < -0.3 is 11.5 Å². The minimum atomic E-state index is -4.46. The summed E-state index contributed by atoms with van der Waals surface area (Å²) in [5.74, 6) is 0. The van der Waals surface area contributed by atoms with Crippen LogP contribution in [0.3, 0.4) is 0 Å². The second-order valence-corrected chi connectivity index (χ2v) is 5.76. The van der Waals surface area contributed by atoms with Gasteiger partial charge in [0.05, 0.1) is 5.56 Å². The third-order valence-electron chi connectivity index (χ3n) is 3.47. The lowest BCUT2D eigenvalue weighted by atomic mass is 9.70. The molecule has 1 unspecified atom stereocenters. The molecule has 0 aromatic heterocycles. The summed E-state index contributed by atoms with van der Waals surface area (Å²) in [6, 6.07) is 3.75. The number of alkyl halides is 3. The SMILES string of the molecule is CC(C)(C)C(C)(N)c1ccc(N)cc1C(F)(F)F. The number of nitrogens with two attached hydrogens (primary N) is 2. The van der Waals surface area contributed by atoms with Gasteiger partial charge in [0.25, 0.3) is 0 Å². The van der Waals surface area contributed by atoms with Crippen LogP contribution in [-0.2, 0) is 11.7 Å². The van der Waals surface area contributed by atoms with Crippen LogP contribution in [0.25, 0.3) is 0 Å². The molecule has 1 aromatic carbocycles. The normalized spacial score (nSPS) is 16.4. The lowest BCUT2D eigenvalue weighted by Crippen LogP contribution is -2.46. The molecule has 0 amide bonds. The van der Waals surface area contributed by atoms with E-state index in [4.69, 9.17) is 11.5 Å². The average molecular weight is 260 g/mol. The minimum Gasteiger partial charge on any atom is -0.399 e. The fourth-order valence-electron chi connectivity index (χ4n) is 1.65. The molecule has 0 heterocycles. The molecule has 1 rings (SSSR count). The van der Waals surface area contributed by atoms with Gasteiger partial charge in [-0.25, -0.2) is 0 Å². The van der Waals surface area contributed by atoms with Crippen molar-refractivity contribution in [2.45, 2.75) is 39.4 Å². The van der Waals surface area contributed by atoms with E-state index in [0.717, 1.165) is 6.07 Å². The number of nitrogen functional groups attached to an aromatic ring is 1. The van der Waals surface area contributed by atoms with Crippen molar-refractivity contribution in [3.05, 3.63) is 29.3 Å². The van der Waals surface area contributed by atoms with Gasteiger partial charge in [0.1, 0.15) is 0 Å². The first-order valence-electron chi connectivity index (χ1n) is 5.63. The molecule has 0 fully saturated rings. The van der Waals surface area contributed by atoms with Crippen molar-refractivity contribution in [1.29, 1.82) is 0 Å². The van der Waals surface area contributed by atoms with E-state index in [0.29, 0.717) is 0 Å². The van der Waals surface area contributed by atoms with Crippen molar-refractivity contribution >= 4 is 5.69 Å². The molecule has 0 bridgehead atoms. The molecule has 18 heavy (non-hydrogen) atoms. The standard InChI is InChI=1S/C13H19F3N2/c1-11(2,3)12(4,18)9-6-5-8(17)7-10(9)13(14,15)16/h5-7H,17-18H2,1-4H3. The zero-order valence-electron chi connectivity index (χ0n) is 11.0. The van der Waals surface area contributed by atoms with Gasteiger partial charge >= 0.3 is 6.18 Å². The largest absolute Gasteiger partial charge is 0.416 e. The third-order valence-corrected chi connectivity index (χ3v) is 3.47. The molecule has 0 saturated heterocycles. The Morgan fingerprint density at radius 3 is 1.83 bits per heavy atom. The number of hydrogen-bond donors (Lipinski definition) is 2. The highest BCUT2D eigenvalue weighted by molar-refractivity contribution is 5.48. The van der Waals surface area contributed by atoms with Crippen LogP contribution in [0, 0.1) is 5.41 Å². The van der Waals surface area contributed by atoms with Crippen LogP contribution >= 0.6 is 0 Å². The van der Waals surface area contributed by atoms with E-state index in [2.05, 4.69) is 0 Å². The van der Waals surface area contributed by atoms with Gasteiger partial charge in [-0.1, -0.05) is 26.8 Å². The third kappa shape index (κ3) is 2.61. The van der Waals surface area contributed by atoms with Crippen molar-refractivity contribution in [3.8, 4) is 0 Å². The maximum Gasteiger partial charge on any atom is 0.416 e. The topological polar surface area (TPSA) is 52.0 Å². The van der Waals surface area contributed by atoms with E-state index in [-0.39, 0.29) is 11.3 Å².